The summed E-state index contributed by atoms with van der Waals surface area (Å²) in [5.74, 6) is -0.812. The van der Waals surface area contributed by atoms with Crippen molar-refractivity contribution in [2.45, 2.75) is 45.7 Å². The maximum atomic E-state index is 12.3. The highest BCUT2D eigenvalue weighted by atomic mass is 16.2. The first-order valence-corrected chi connectivity index (χ1v) is 8.45. The Morgan fingerprint density at radius 1 is 1.40 bits per heavy atom. The smallest absolute Gasteiger partial charge is 0.322 e. The molecule has 25 heavy (non-hydrogen) atoms. The molecule has 2 saturated heterocycles. The van der Waals surface area contributed by atoms with Crippen LogP contribution in [-0.4, -0.2) is 62.7 Å². The molecule has 1 aromatic rings. The molecule has 0 aromatic carbocycles. The SMILES string of the molecule is CC[C@]1(C)NC(=O)N(NC(=O)CN2CC(n3nc(C)cc3C)C2)C1=O. The molecule has 2 aliphatic rings. The maximum Gasteiger partial charge on any atom is 0.344 e. The molecule has 4 amide bonds. The number of amides is 4. The minimum atomic E-state index is -0.957. The van der Waals surface area contributed by atoms with Crippen LogP contribution < -0.4 is 10.7 Å². The van der Waals surface area contributed by atoms with Crippen LogP contribution >= 0.6 is 0 Å². The molecule has 3 rings (SSSR count). The zero-order chi connectivity index (χ0) is 18.4. The van der Waals surface area contributed by atoms with E-state index in [0.717, 1.165) is 16.4 Å². The normalized spacial score (nSPS) is 24.4. The van der Waals surface area contributed by atoms with Crippen molar-refractivity contribution in [1.29, 1.82) is 0 Å². The highest BCUT2D eigenvalue weighted by Crippen LogP contribution is 2.22. The number of rotatable bonds is 5. The average molecular weight is 348 g/mol. The average Bonchev–Trinajstić information content (AvgIpc) is 2.94. The number of aryl methyl sites for hydroxylation is 2. The molecular weight excluding hydrogens is 324 g/mol. The zero-order valence-electron chi connectivity index (χ0n) is 15.0. The van der Waals surface area contributed by atoms with Gasteiger partial charge in [0.2, 0.25) is 0 Å². The molecule has 2 fully saturated rings. The Bertz CT molecular complexity index is 723. The standard InChI is InChI=1S/C16H24N6O3/c1-5-16(4)14(24)22(15(25)17-16)19-13(23)9-20-7-12(8-20)21-11(3)6-10(2)18-21/h6,12H,5,7-9H2,1-4H3,(H,17,25)(H,19,23)/t16-/m0/s1. The van der Waals surface area contributed by atoms with E-state index in [2.05, 4.69) is 15.8 Å². The van der Waals surface area contributed by atoms with Crippen molar-refractivity contribution in [3.05, 3.63) is 17.5 Å². The number of nitrogens with zero attached hydrogens (tertiary/aromatic N) is 4. The first-order chi connectivity index (χ1) is 11.7. The number of hydrazine groups is 1. The number of urea groups is 1. The summed E-state index contributed by atoms with van der Waals surface area (Å²) in [6, 6.07) is 1.69. The third kappa shape index (κ3) is 3.11. The van der Waals surface area contributed by atoms with Gasteiger partial charge in [0, 0.05) is 18.8 Å². The Labute approximate surface area is 146 Å². The number of hydrogen-bond donors (Lipinski definition) is 2. The second kappa shape index (κ2) is 6.14. The van der Waals surface area contributed by atoms with Crippen LogP contribution in [0.4, 0.5) is 4.79 Å². The van der Waals surface area contributed by atoms with Crippen molar-refractivity contribution in [2.24, 2.45) is 0 Å². The summed E-state index contributed by atoms with van der Waals surface area (Å²) in [5.41, 5.74) is 3.53. The summed E-state index contributed by atoms with van der Waals surface area (Å²) in [6.07, 6.45) is 0.459. The van der Waals surface area contributed by atoms with E-state index in [1.807, 2.05) is 36.4 Å². The Morgan fingerprint density at radius 2 is 2.08 bits per heavy atom. The topological polar surface area (TPSA) is 99.6 Å². The molecule has 2 aliphatic heterocycles. The van der Waals surface area contributed by atoms with Crippen molar-refractivity contribution < 1.29 is 14.4 Å². The van der Waals surface area contributed by atoms with Gasteiger partial charge in [-0.2, -0.15) is 10.1 Å². The number of likely N-dealkylation sites (tertiary alicyclic amines) is 1. The predicted molar refractivity (Wildman–Crippen MR) is 89.4 cm³/mol. The van der Waals surface area contributed by atoms with Gasteiger partial charge in [0.1, 0.15) is 5.54 Å². The molecule has 0 bridgehead atoms. The number of nitrogens with one attached hydrogen (secondary N) is 2. The third-order valence-corrected chi connectivity index (χ3v) is 4.90. The Morgan fingerprint density at radius 3 is 2.60 bits per heavy atom. The van der Waals surface area contributed by atoms with Crippen molar-refractivity contribution >= 4 is 17.8 Å². The van der Waals surface area contributed by atoms with Crippen LogP contribution in [0.1, 0.15) is 37.7 Å². The molecule has 0 spiro atoms. The fourth-order valence-corrected chi connectivity index (χ4v) is 3.23. The Balaban J connectivity index is 1.51. The molecule has 1 aromatic heterocycles. The van der Waals surface area contributed by atoms with Crippen LogP contribution in [0.3, 0.4) is 0 Å². The summed E-state index contributed by atoms with van der Waals surface area (Å²) < 4.78 is 1.98. The summed E-state index contributed by atoms with van der Waals surface area (Å²) in [5, 5.41) is 7.84. The van der Waals surface area contributed by atoms with Gasteiger partial charge in [0.05, 0.1) is 18.3 Å². The minimum Gasteiger partial charge on any atom is -0.322 e. The van der Waals surface area contributed by atoms with E-state index in [1.165, 1.54) is 0 Å². The van der Waals surface area contributed by atoms with Crippen LogP contribution in [0, 0.1) is 13.8 Å². The van der Waals surface area contributed by atoms with E-state index in [4.69, 9.17) is 0 Å². The van der Waals surface area contributed by atoms with Crippen LogP contribution in [0.15, 0.2) is 6.07 Å². The van der Waals surface area contributed by atoms with Gasteiger partial charge in [-0.05, 0) is 33.3 Å². The van der Waals surface area contributed by atoms with E-state index in [9.17, 15) is 14.4 Å². The monoisotopic (exact) mass is 348 g/mol. The summed E-state index contributed by atoms with van der Waals surface area (Å²) in [4.78, 5) is 38.3. The molecule has 2 N–H and O–H groups in total. The van der Waals surface area contributed by atoms with E-state index in [1.54, 1.807) is 6.92 Å². The Kier molecular flexibility index (Phi) is 4.28. The van der Waals surface area contributed by atoms with Gasteiger partial charge in [0.15, 0.2) is 0 Å². The van der Waals surface area contributed by atoms with Crippen molar-refractivity contribution in [2.75, 3.05) is 19.6 Å². The van der Waals surface area contributed by atoms with Gasteiger partial charge in [-0.3, -0.25) is 24.6 Å². The lowest BCUT2D eigenvalue weighted by atomic mass is 10.00. The molecule has 0 unspecified atom stereocenters. The molecule has 0 radical (unpaired) electrons. The lowest BCUT2D eigenvalue weighted by Crippen LogP contribution is -2.55. The molecule has 136 valence electrons. The number of imide groups is 1. The summed E-state index contributed by atoms with van der Waals surface area (Å²) in [6.45, 7) is 8.98. The highest BCUT2D eigenvalue weighted by molar-refractivity contribution is 6.07. The Hall–Kier alpha value is -2.42. The van der Waals surface area contributed by atoms with Gasteiger partial charge in [0.25, 0.3) is 11.8 Å². The predicted octanol–water partition coefficient (Wildman–Crippen LogP) is 0.108. The van der Waals surface area contributed by atoms with Crippen LogP contribution in [-0.2, 0) is 9.59 Å². The van der Waals surface area contributed by atoms with E-state index in [-0.39, 0.29) is 18.5 Å². The lowest BCUT2D eigenvalue weighted by molar-refractivity contribution is -0.139. The van der Waals surface area contributed by atoms with Crippen molar-refractivity contribution in [3.8, 4) is 0 Å². The second-order valence-electron chi connectivity index (χ2n) is 7.01. The summed E-state index contributed by atoms with van der Waals surface area (Å²) >= 11 is 0. The quantitative estimate of drug-likeness (QED) is 0.736. The fourth-order valence-electron chi connectivity index (χ4n) is 3.23. The number of carbonyl (C=O) groups excluding carboxylic acids is 3. The largest absolute Gasteiger partial charge is 0.344 e. The molecular formula is C16H24N6O3. The van der Waals surface area contributed by atoms with Crippen LogP contribution in [0.2, 0.25) is 0 Å². The first kappa shape index (κ1) is 17.4. The molecule has 1 atom stereocenters. The van der Waals surface area contributed by atoms with Gasteiger partial charge >= 0.3 is 6.03 Å². The molecule has 0 aliphatic carbocycles. The fraction of sp³-hybridized carbons (Fsp3) is 0.625. The van der Waals surface area contributed by atoms with E-state index in [0.29, 0.717) is 19.5 Å². The van der Waals surface area contributed by atoms with Gasteiger partial charge in [-0.15, -0.1) is 0 Å². The van der Waals surface area contributed by atoms with Crippen LogP contribution in [0.25, 0.3) is 0 Å². The van der Waals surface area contributed by atoms with Crippen LogP contribution in [0.5, 0.6) is 0 Å². The number of carbonyl (C=O) groups is 3. The van der Waals surface area contributed by atoms with Crippen molar-refractivity contribution in [1.82, 2.24) is 30.4 Å². The minimum absolute atomic E-state index is 0.135. The third-order valence-electron chi connectivity index (χ3n) is 4.90. The molecule has 0 saturated carbocycles. The number of hydrogen-bond acceptors (Lipinski definition) is 5. The maximum absolute atomic E-state index is 12.3. The van der Waals surface area contributed by atoms with Gasteiger partial charge in [-0.1, -0.05) is 6.92 Å². The van der Waals surface area contributed by atoms with Crippen molar-refractivity contribution in [3.63, 3.8) is 0 Å². The van der Waals surface area contributed by atoms with Gasteiger partial charge in [-0.25, -0.2) is 4.79 Å². The van der Waals surface area contributed by atoms with E-state index >= 15 is 0 Å². The summed E-state index contributed by atoms with van der Waals surface area (Å²) in [7, 11) is 0. The van der Waals surface area contributed by atoms with E-state index < -0.39 is 17.5 Å². The second-order valence-corrected chi connectivity index (χ2v) is 7.01. The zero-order valence-corrected chi connectivity index (χ0v) is 15.0. The van der Waals surface area contributed by atoms with Gasteiger partial charge < -0.3 is 5.32 Å². The lowest BCUT2D eigenvalue weighted by Gasteiger charge is -2.39. The molecule has 9 nitrogen and oxygen atoms in total. The number of aromatic nitrogens is 2. The first-order valence-electron chi connectivity index (χ1n) is 8.45. The highest BCUT2D eigenvalue weighted by Gasteiger charge is 2.47. The molecule has 9 heteroatoms. The molecule has 3 heterocycles.